The zero-order chi connectivity index (χ0) is 13.1. The summed E-state index contributed by atoms with van der Waals surface area (Å²) >= 11 is 0. The number of hydrogen-bond donors (Lipinski definition) is 1. The highest BCUT2D eigenvalue weighted by molar-refractivity contribution is 5.94. The van der Waals surface area contributed by atoms with Gasteiger partial charge in [-0.05, 0) is 31.9 Å². The normalized spacial score (nSPS) is 12.6. The van der Waals surface area contributed by atoms with Crippen molar-refractivity contribution in [2.24, 2.45) is 0 Å². The molecule has 2 heterocycles. The Bertz CT molecular complexity index is 559. The Morgan fingerprint density at radius 1 is 1.44 bits per heavy atom. The lowest BCUT2D eigenvalue weighted by Crippen LogP contribution is -2.33. The summed E-state index contributed by atoms with van der Waals surface area (Å²) in [5, 5.41) is 3.00. The maximum absolute atomic E-state index is 12.3. The summed E-state index contributed by atoms with van der Waals surface area (Å²) in [4.78, 5) is 16.8. The Hall–Kier alpha value is -1.84. The van der Waals surface area contributed by atoms with Gasteiger partial charge < -0.3 is 5.32 Å². The molecule has 2 aromatic heterocycles. The molecule has 0 fully saturated rings. The molecule has 0 bridgehead atoms. The average Bonchev–Trinajstić information content (AvgIpc) is 2.76. The van der Waals surface area contributed by atoms with Gasteiger partial charge in [-0.1, -0.05) is 19.9 Å². The highest BCUT2D eigenvalue weighted by Gasteiger charge is 2.18. The van der Waals surface area contributed by atoms with Crippen molar-refractivity contribution in [2.45, 2.75) is 39.7 Å². The van der Waals surface area contributed by atoms with Gasteiger partial charge in [0.15, 0.2) is 0 Å². The molecule has 0 aliphatic carbocycles. The molecule has 0 saturated heterocycles. The maximum Gasteiger partial charge on any atom is 0.270 e. The summed E-state index contributed by atoms with van der Waals surface area (Å²) in [5.41, 5.74) is 2.33. The van der Waals surface area contributed by atoms with Crippen LogP contribution < -0.4 is 5.32 Å². The van der Waals surface area contributed by atoms with Gasteiger partial charge in [0.2, 0.25) is 0 Å². The molecule has 1 N–H and O–H groups in total. The van der Waals surface area contributed by atoms with Crippen LogP contribution in [-0.4, -0.2) is 21.3 Å². The van der Waals surface area contributed by atoms with Crippen molar-refractivity contribution < 1.29 is 4.79 Å². The van der Waals surface area contributed by atoms with Gasteiger partial charge in [-0.15, -0.1) is 0 Å². The molecule has 1 amide bonds. The number of aryl methyl sites for hydroxylation is 1. The lowest BCUT2D eigenvalue weighted by molar-refractivity contribution is 0.0932. The van der Waals surface area contributed by atoms with Gasteiger partial charge >= 0.3 is 0 Å². The third kappa shape index (κ3) is 2.23. The molecule has 4 nitrogen and oxygen atoms in total. The van der Waals surface area contributed by atoms with E-state index in [9.17, 15) is 4.79 Å². The summed E-state index contributed by atoms with van der Waals surface area (Å²) < 4.78 is 1.86. The molecular formula is C14H19N3O. The van der Waals surface area contributed by atoms with Gasteiger partial charge in [0, 0.05) is 12.2 Å². The summed E-state index contributed by atoms with van der Waals surface area (Å²) in [7, 11) is 0. The van der Waals surface area contributed by atoms with Gasteiger partial charge in [0.1, 0.15) is 11.3 Å². The van der Waals surface area contributed by atoms with Gasteiger partial charge in [0.25, 0.3) is 5.91 Å². The predicted octanol–water partition coefficient (Wildman–Crippen LogP) is 2.43. The lowest BCUT2D eigenvalue weighted by atomic mass is 10.2. The van der Waals surface area contributed by atoms with E-state index >= 15 is 0 Å². The van der Waals surface area contributed by atoms with E-state index in [0.717, 1.165) is 24.2 Å². The van der Waals surface area contributed by atoms with E-state index in [1.54, 1.807) is 0 Å². The topological polar surface area (TPSA) is 46.4 Å². The van der Waals surface area contributed by atoms with Gasteiger partial charge in [-0.3, -0.25) is 9.20 Å². The van der Waals surface area contributed by atoms with Crippen molar-refractivity contribution in [1.82, 2.24) is 14.7 Å². The molecule has 2 aromatic rings. The fourth-order valence-corrected chi connectivity index (χ4v) is 1.93. The van der Waals surface area contributed by atoms with E-state index in [0.29, 0.717) is 5.69 Å². The molecule has 0 aliphatic rings. The smallest absolute Gasteiger partial charge is 0.270 e. The van der Waals surface area contributed by atoms with Crippen LogP contribution in [0.3, 0.4) is 0 Å². The van der Waals surface area contributed by atoms with Crippen LogP contribution in [0.25, 0.3) is 5.65 Å². The number of hydrogen-bond acceptors (Lipinski definition) is 2. The number of rotatable bonds is 4. The molecule has 0 aliphatic heterocycles. The van der Waals surface area contributed by atoms with Crippen LogP contribution in [0.4, 0.5) is 0 Å². The fraction of sp³-hybridized carbons (Fsp3) is 0.429. The first-order valence-electron chi connectivity index (χ1n) is 6.44. The molecular weight excluding hydrogens is 226 g/mol. The Morgan fingerprint density at radius 2 is 2.22 bits per heavy atom. The molecule has 0 saturated carbocycles. The van der Waals surface area contributed by atoms with E-state index in [4.69, 9.17) is 0 Å². The highest BCUT2D eigenvalue weighted by Crippen LogP contribution is 2.13. The van der Waals surface area contributed by atoms with Crippen LogP contribution >= 0.6 is 0 Å². The van der Waals surface area contributed by atoms with Crippen LogP contribution in [0.15, 0.2) is 24.4 Å². The van der Waals surface area contributed by atoms with E-state index < -0.39 is 0 Å². The van der Waals surface area contributed by atoms with Crippen LogP contribution in [0.5, 0.6) is 0 Å². The first-order chi connectivity index (χ1) is 8.67. The van der Waals surface area contributed by atoms with Crippen molar-refractivity contribution in [3.05, 3.63) is 35.8 Å². The molecule has 0 aromatic carbocycles. The third-order valence-corrected chi connectivity index (χ3v) is 3.14. The van der Waals surface area contributed by atoms with Gasteiger partial charge in [-0.25, -0.2) is 4.98 Å². The number of amides is 1. The first kappa shape index (κ1) is 12.6. The Balaban J connectivity index is 2.44. The summed E-state index contributed by atoms with van der Waals surface area (Å²) in [5.74, 6) is -0.0418. The third-order valence-electron chi connectivity index (χ3n) is 3.14. The molecule has 1 atom stereocenters. The number of nitrogens with one attached hydrogen (secondary N) is 1. The quantitative estimate of drug-likeness (QED) is 0.899. The number of imidazole rings is 1. The summed E-state index contributed by atoms with van der Waals surface area (Å²) in [6, 6.07) is 5.93. The second-order valence-electron chi connectivity index (χ2n) is 4.47. The fourth-order valence-electron chi connectivity index (χ4n) is 1.93. The minimum absolute atomic E-state index is 0.0418. The maximum atomic E-state index is 12.3. The Labute approximate surface area is 107 Å². The van der Waals surface area contributed by atoms with Crippen LogP contribution in [0.1, 0.15) is 43.4 Å². The monoisotopic (exact) mass is 245 g/mol. The van der Waals surface area contributed by atoms with Crippen LogP contribution in [-0.2, 0) is 6.42 Å². The molecule has 18 heavy (non-hydrogen) atoms. The first-order valence-corrected chi connectivity index (χ1v) is 6.44. The van der Waals surface area contributed by atoms with E-state index in [2.05, 4.69) is 17.2 Å². The predicted molar refractivity (Wildman–Crippen MR) is 71.8 cm³/mol. The standard InChI is InChI=1S/C14H19N3O/c1-4-10(3)15-14(18)13-11(5-2)16-12-8-6-7-9-17(12)13/h6-10H,4-5H2,1-3H3,(H,15,18). The van der Waals surface area contributed by atoms with Crippen LogP contribution in [0, 0.1) is 0 Å². The Morgan fingerprint density at radius 3 is 2.89 bits per heavy atom. The number of aromatic nitrogens is 2. The summed E-state index contributed by atoms with van der Waals surface area (Å²) in [6.07, 6.45) is 3.56. The number of carbonyl (C=O) groups is 1. The number of fused-ring (bicyclic) bond motifs is 1. The van der Waals surface area contributed by atoms with Crippen molar-refractivity contribution in [3.63, 3.8) is 0 Å². The second kappa shape index (κ2) is 5.21. The SMILES string of the molecule is CCc1nc2ccccn2c1C(=O)NC(C)CC. The second-order valence-corrected chi connectivity index (χ2v) is 4.47. The number of nitrogens with zero attached hydrogens (tertiary/aromatic N) is 2. The summed E-state index contributed by atoms with van der Waals surface area (Å²) in [6.45, 7) is 6.08. The van der Waals surface area contributed by atoms with E-state index in [1.807, 2.05) is 42.6 Å². The average molecular weight is 245 g/mol. The van der Waals surface area contributed by atoms with Gasteiger partial charge in [-0.2, -0.15) is 0 Å². The lowest BCUT2D eigenvalue weighted by Gasteiger charge is -2.11. The van der Waals surface area contributed by atoms with E-state index in [-0.39, 0.29) is 11.9 Å². The molecule has 4 heteroatoms. The molecule has 0 radical (unpaired) electrons. The number of carbonyl (C=O) groups excluding carboxylic acids is 1. The van der Waals surface area contributed by atoms with E-state index in [1.165, 1.54) is 0 Å². The molecule has 96 valence electrons. The van der Waals surface area contributed by atoms with Crippen molar-refractivity contribution >= 4 is 11.6 Å². The van der Waals surface area contributed by atoms with Crippen molar-refractivity contribution in [3.8, 4) is 0 Å². The zero-order valence-corrected chi connectivity index (χ0v) is 11.1. The molecule has 2 rings (SSSR count). The largest absolute Gasteiger partial charge is 0.348 e. The molecule has 1 unspecified atom stereocenters. The van der Waals surface area contributed by atoms with Crippen molar-refractivity contribution in [1.29, 1.82) is 0 Å². The zero-order valence-electron chi connectivity index (χ0n) is 11.1. The van der Waals surface area contributed by atoms with Gasteiger partial charge in [0.05, 0.1) is 5.69 Å². The minimum Gasteiger partial charge on any atom is -0.348 e. The van der Waals surface area contributed by atoms with Crippen molar-refractivity contribution in [2.75, 3.05) is 0 Å². The Kier molecular flexibility index (Phi) is 3.65. The highest BCUT2D eigenvalue weighted by atomic mass is 16.2. The van der Waals surface area contributed by atoms with Crippen LogP contribution in [0.2, 0.25) is 0 Å². The molecule has 0 spiro atoms. The number of pyridine rings is 1. The minimum atomic E-state index is -0.0418.